The molecule has 202 valence electrons. The minimum Gasteiger partial charge on any atom is -0.494 e. The van der Waals surface area contributed by atoms with E-state index in [4.69, 9.17) is 4.74 Å². The molecule has 0 atom stereocenters. The number of hydrogen-bond acceptors (Lipinski definition) is 4. The molecule has 0 unspecified atom stereocenters. The van der Waals surface area contributed by atoms with Gasteiger partial charge in [0.1, 0.15) is 5.75 Å². The normalized spacial score (nSPS) is 13.0. The van der Waals surface area contributed by atoms with Crippen LogP contribution < -0.4 is 10.1 Å². The zero-order valence-electron chi connectivity index (χ0n) is 23.0. The Hall–Kier alpha value is -2.40. The minimum atomic E-state index is -0.105. The summed E-state index contributed by atoms with van der Waals surface area (Å²) in [6, 6.07) is 15.6. The van der Waals surface area contributed by atoms with E-state index in [1.54, 1.807) is 0 Å². The van der Waals surface area contributed by atoms with Crippen molar-refractivity contribution < 1.29 is 9.53 Å². The molecule has 1 aliphatic rings. The first-order chi connectivity index (χ1) is 18.2. The van der Waals surface area contributed by atoms with Crippen LogP contribution in [0.25, 0.3) is 0 Å². The van der Waals surface area contributed by atoms with Crippen LogP contribution in [-0.2, 0) is 6.54 Å². The number of carbonyl (C=O) groups excluding carboxylic acids is 1. The summed E-state index contributed by atoms with van der Waals surface area (Å²) < 4.78 is 5.97. The van der Waals surface area contributed by atoms with Gasteiger partial charge in [0, 0.05) is 23.5 Å². The molecule has 0 saturated carbocycles. The highest BCUT2D eigenvalue weighted by Crippen LogP contribution is 2.27. The zero-order valence-corrected chi connectivity index (χ0v) is 23.8. The predicted octanol–water partition coefficient (Wildman–Crippen LogP) is 9.39. The van der Waals surface area contributed by atoms with Crippen molar-refractivity contribution in [2.24, 2.45) is 0 Å². The molecule has 1 amide bonds. The molecule has 0 bridgehead atoms. The van der Waals surface area contributed by atoms with Gasteiger partial charge in [-0.1, -0.05) is 102 Å². The quantitative estimate of drug-likeness (QED) is 0.198. The van der Waals surface area contributed by atoms with Crippen molar-refractivity contribution in [3.63, 3.8) is 0 Å². The summed E-state index contributed by atoms with van der Waals surface area (Å²) >= 11 is 1.81. The van der Waals surface area contributed by atoms with E-state index in [1.165, 1.54) is 76.3 Å². The molecule has 0 radical (unpaired) electrons. The Morgan fingerprint density at radius 1 is 0.892 bits per heavy atom. The Morgan fingerprint density at radius 3 is 2.24 bits per heavy atom. The van der Waals surface area contributed by atoms with Gasteiger partial charge in [0.05, 0.1) is 12.5 Å². The first-order valence-corrected chi connectivity index (χ1v) is 15.4. The van der Waals surface area contributed by atoms with Crippen LogP contribution >= 0.6 is 11.8 Å². The van der Waals surface area contributed by atoms with Gasteiger partial charge in [0.25, 0.3) is 5.91 Å². The highest BCUT2D eigenvalue weighted by atomic mass is 32.2. The Morgan fingerprint density at radius 2 is 1.57 bits per heavy atom. The highest BCUT2D eigenvalue weighted by molar-refractivity contribution is 8.02. The SMILES string of the molecule is CCCCCCCCCCCCCCOc1cccc(C(=O)Nc2ccccc2CN2CSC=C2C)c1. The van der Waals surface area contributed by atoms with E-state index in [9.17, 15) is 4.79 Å². The fourth-order valence-corrected chi connectivity index (χ4v) is 5.57. The molecule has 0 aromatic heterocycles. The minimum absolute atomic E-state index is 0.105. The summed E-state index contributed by atoms with van der Waals surface area (Å²) in [6.45, 7) is 5.89. The number of carbonyl (C=O) groups is 1. The molecule has 5 heteroatoms. The second kappa shape index (κ2) is 17.2. The molecular formula is C32H46N2O2S. The molecule has 2 aromatic rings. The highest BCUT2D eigenvalue weighted by Gasteiger charge is 2.15. The van der Waals surface area contributed by atoms with Crippen LogP contribution in [0.5, 0.6) is 5.75 Å². The number of hydrogen-bond donors (Lipinski definition) is 1. The summed E-state index contributed by atoms with van der Waals surface area (Å²) in [6.07, 6.45) is 16.0. The van der Waals surface area contributed by atoms with Crippen LogP contribution in [0, 0.1) is 0 Å². The van der Waals surface area contributed by atoms with Crippen molar-refractivity contribution in [2.75, 3.05) is 17.8 Å². The van der Waals surface area contributed by atoms with Crippen LogP contribution in [-0.4, -0.2) is 23.3 Å². The number of benzene rings is 2. The number of amides is 1. The van der Waals surface area contributed by atoms with Crippen molar-refractivity contribution in [1.29, 1.82) is 0 Å². The summed E-state index contributed by atoms with van der Waals surface area (Å²) in [4.78, 5) is 15.3. The van der Waals surface area contributed by atoms with Gasteiger partial charge >= 0.3 is 0 Å². The summed E-state index contributed by atoms with van der Waals surface area (Å²) in [5.74, 6) is 1.61. The standard InChI is InChI=1S/C32H46N2O2S/c1-3-4-5-6-7-8-9-10-11-12-13-16-22-36-30-20-17-19-28(23-30)32(35)33-31-21-15-14-18-29(31)24-34-26-37-25-27(34)2/h14-15,17-21,23,25H,3-13,16,22,24,26H2,1-2H3,(H,33,35). The number of rotatable bonds is 18. The van der Waals surface area contributed by atoms with Gasteiger partial charge in [-0.25, -0.2) is 0 Å². The van der Waals surface area contributed by atoms with Crippen molar-refractivity contribution in [2.45, 2.75) is 97.4 Å². The van der Waals surface area contributed by atoms with Gasteiger partial charge in [-0.05, 0) is 48.6 Å². The first-order valence-electron chi connectivity index (χ1n) is 14.3. The number of nitrogens with one attached hydrogen (secondary N) is 1. The van der Waals surface area contributed by atoms with Gasteiger partial charge < -0.3 is 15.0 Å². The molecule has 0 fully saturated rings. The molecule has 0 spiro atoms. The number of ether oxygens (including phenoxy) is 1. The predicted molar refractivity (Wildman–Crippen MR) is 159 cm³/mol. The van der Waals surface area contributed by atoms with Gasteiger partial charge in [0.15, 0.2) is 0 Å². The lowest BCUT2D eigenvalue weighted by atomic mass is 10.1. The molecule has 0 aliphatic carbocycles. The summed E-state index contributed by atoms with van der Waals surface area (Å²) in [5, 5.41) is 5.30. The Labute approximate surface area is 229 Å². The molecular weight excluding hydrogens is 476 g/mol. The number of thioether (sulfide) groups is 1. The van der Waals surface area contributed by atoms with Crippen LogP contribution in [0.1, 0.15) is 107 Å². The molecule has 1 heterocycles. The number of para-hydroxylation sites is 1. The fraction of sp³-hybridized carbons (Fsp3) is 0.531. The Kier molecular flexibility index (Phi) is 13.5. The maximum Gasteiger partial charge on any atom is 0.255 e. The second-order valence-electron chi connectivity index (χ2n) is 10.1. The summed E-state index contributed by atoms with van der Waals surface area (Å²) in [5.41, 5.74) is 3.87. The van der Waals surface area contributed by atoms with Gasteiger partial charge in [0.2, 0.25) is 0 Å². The van der Waals surface area contributed by atoms with Gasteiger partial charge in [-0.2, -0.15) is 0 Å². The zero-order chi connectivity index (χ0) is 26.1. The van der Waals surface area contributed by atoms with Gasteiger partial charge in [-0.15, -0.1) is 11.8 Å². The number of nitrogens with zero attached hydrogens (tertiary/aromatic N) is 1. The van der Waals surface area contributed by atoms with E-state index < -0.39 is 0 Å². The average Bonchev–Trinajstić information content (AvgIpc) is 3.32. The Balaban J connectivity index is 1.34. The number of allylic oxidation sites excluding steroid dienone is 1. The maximum atomic E-state index is 13.0. The van der Waals surface area contributed by atoms with Crippen LogP contribution in [0.15, 0.2) is 59.6 Å². The fourth-order valence-electron chi connectivity index (χ4n) is 4.63. The van der Waals surface area contributed by atoms with Crippen LogP contribution in [0.2, 0.25) is 0 Å². The van der Waals surface area contributed by atoms with E-state index in [0.717, 1.165) is 35.8 Å². The van der Waals surface area contributed by atoms with E-state index in [-0.39, 0.29) is 5.91 Å². The molecule has 3 rings (SSSR count). The van der Waals surface area contributed by atoms with Gasteiger partial charge in [-0.3, -0.25) is 4.79 Å². The molecule has 1 N–H and O–H groups in total. The van der Waals surface area contributed by atoms with Crippen molar-refractivity contribution in [3.8, 4) is 5.75 Å². The van der Waals surface area contributed by atoms with Crippen molar-refractivity contribution >= 4 is 23.4 Å². The monoisotopic (exact) mass is 522 g/mol. The number of anilines is 1. The molecule has 1 aliphatic heterocycles. The smallest absolute Gasteiger partial charge is 0.255 e. The lowest BCUT2D eigenvalue weighted by Crippen LogP contribution is -2.19. The molecule has 37 heavy (non-hydrogen) atoms. The van der Waals surface area contributed by atoms with Crippen molar-refractivity contribution in [3.05, 3.63) is 70.8 Å². The lowest BCUT2D eigenvalue weighted by Gasteiger charge is -2.21. The third kappa shape index (κ3) is 10.9. The van der Waals surface area contributed by atoms with E-state index >= 15 is 0 Å². The molecule has 4 nitrogen and oxygen atoms in total. The second-order valence-corrected chi connectivity index (χ2v) is 11.0. The topological polar surface area (TPSA) is 41.6 Å². The van der Waals surface area contributed by atoms with E-state index in [0.29, 0.717) is 12.2 Å². The van der Waals surface area contributed by atoms with Crippen LogP contribution in [0.3, 0.4) is 0 Å². The lowest BCUT2D eigenvalue weighted by molar-refractivity contribution is 0.102. The first kappa shape index (κ1) is 29.2. The molecule has 0 saturated heterocycles. The van der Waals surface area contributed by atoms with E-state index in [2.05, 4.69) is 35.5 Å². The third-order valence-corrected chi connectivity index (χ3v) is 7.94. The van der Waals surface area contributed by atoms with E-state index in [1.807, 2.05) is 54.2 Å². The summed E-state index contributed by atoms with van der Waals surface area (Å²) in [7, 11) is 0. The number of unbranched alkanes of at least 4 members (excludes halogenated alkanes) is 11. The largest absolute Gasteiger partial charge is 0.494 e. The Bertz CT molecular complexity index is 975. The average molecular weight is 523 g/mol. The maximum absolute atomic E-state index is 13.0. The third-order valence-electron chi connectivity index (χ3n) is 6.97. The van der Waals surface area contributed by atoms with Crippen LogP contribution in [0.4, 0.5) is 5.69 Å². The van der Waals surface area contributed by atoms with Crippen molar-refractivity contribution in [1.82, 2.24) is 4.90 Å². The molecule has 2 aromatic carbocycles.